The number of nitrogens with two attached hydrogens (primary N) is 1. The average Bonchev–Trinajstić information content (AvgIpc) is 3.13. The molecule has 2 bridgehead atoms. The Balaban J connectivity index is 1.65. The zero-order valence-electron chi connectivity index (χ0n) is 12.9. The van der Waals surface area contributed by atoms with Crippen molar-refractivity contribution in [3.63, 3.8) is 0 Å². The first-order chi connectivity index (χ1) is 10.3. The van der Waals surface area contributed by atoms with Crippen molar-refractivity contribution in [2.24, 2.45) is 23.6 Å². The van der Waals surface area contributed by atoms with Crippen LogP contribution in [0.5, 0.6) is 5.75 Å². The molecule has 4 heteroatoms. The molecule has 4 atom stereocenters. The topological polar surface area (TPSA) is 60.2 Å². The number of nitrogens with zero attached hydrogens (tertiary/aromatic N) is 1. The van der Waals surface area contributed by atoms with Crippen LogP contribution < -0.4 is 16.0 Å². The van der Waals surface area contributed by atoms with E-state index in [2.05, 4.69) is 23.4 Å². The van der Waals surface area contributed by atoms with Crippen molar-refractivity contribution in [2.45, 2.75) is 51.5 Å². The standard InChI is InChI=1S/C17H27N3O/c1-2-5-21-16-8-15(10-19-11-16)17(20-18)9-14-7-12-3-4-13(14)6-12/h8,10-14,17,20H,2-7,9,18H2,1H3. The Hall–Kier alpha value is -1.13. The van der Waals surface area contributed by atoms with E-state index in [0.717, 1.165) is 48.5 Å². The lowest BCUT2D eigenvalue weighted by Gasteiger charge is -2.26. The molecule has 1 aromatic rings. The summed E-state index contributed by atoms with van der Waals surface area (Å²) in [5, 5.41) is 0. The summed E-state index contributed by atoms with van der Waals surface area (Å²) in [6.07, 6.45) is 11.5. The van der Waals surface area contributed by atoms with E-state index in [0.29, 0.717) is 0 Å². The number of nitrogens with one attached hydrogen (secondary N) is 1. The Kier molecular flexibility index (Phi) is 4.76. The van der Waals surface area contributed by atoms with Gasteiger partial charge in [0.2, 0.25) is 0 Å². The van der Waals surface area contributed by atoms with Gasteiger partial charge >= 0.3 is 0 Å². The van der Waals surface area contributed by atoms with Crippen molar-refractivity contribution in [3.05, 3.63) is 24.0 Å². The summed E-state index contributed by atoms with van der Waals surface area (Å²) in [7, 11) is 0. The lowest BCUT2D eigenvalue weighted by atomic mass is 9.83. The highest BCUT2D eigenvalue weighted by Crippen LogP contribution is 2.50. The third-order valence-corrected chi connectivity index (χ3v) is 5.23. The van der Waals surface area contributed by atoms with E-state index < -0.39 is 0 Å². The smallest absolute Gasteiger partial charge is 0.137 e. The third-order valence-electron chi connectivity index (χ3n) is 5.23. The van der Waals surface area contributed by atoms with Gasteiger partial charge in [-0.25, -0.2) is 0 Å². The minimum atomic E-state index is 0.187. The van der Waals surface area contributed by atoms with Gasteiger partial charge in [-0.05, 0) is 61.5 Å². The Bertz CT molecular complexity index is 465. The molecule has 0 aromatic carbocycles. The summed E-state index contributed by atoms with van der Waals surface area (Å²) in [4.78, 5) is 4.31. The summed E-state index contributed by atoms with van der Waals surface area (Å²) in [5.74, 6) is 9.40. The summed E-state index contributed by atoms with van der Waals surface area (Å²) >= 11 is 0. The van der Waals surface area contributed by atoms with Gasteiger partial charge in [0.25, 0.3) is 0 Å². The Morgan fingerprint density at radius 2 is 2.29 bits per heavy atom. The molecule has 116 valence electrons. The van der Waals surface area contributed by atoms with Gasteiger partial charge in [0.15, 0.2) is 0 Å². The monoisotopic (exact) mass is 289 g/mol. The minimum Gasteiger partial charge on any atom is -0.492 e. The lowest BCUT2D eigenvalue weighted by Crippen LogP contribution is -2.30. The van der Waals surface area contributed by atoms with Gasteiger partial charge in [0.05, 0.1) is 12.8 Å². The van der Waals surface area contributed by atoms with Crippen LogP contribution >= 0.6 is 0 Å². The Morgan fingerprint density at radius 1 is 1.38 bits per heavy atom. The molecule has 1 heterocycles. The van der Waals surface area contributed by atoms with Crippen molar-refractivity contribution >= 4 is 0 Å². The van der Waals surface area contributed by atoms with Crippen molar-refractivity contribution in [1.82, 2.24) is 10.4 Å². The van der Waals surface area contributed by atoms with Crippen molar-refractivity contribution in [2.75, 3.05) is 6.61 Å². The molecule has 4 unspecified atom stereocenters. The van der Waals surface area contributed by atoms with Gasteiger partial charge in [-0.1, -0.05) is 13.3 Å². The second kappa shape index (κ2) is 6.75. The maximum Gasteiger partial charge on any atom is 0.137 e. The second-order valence-electron chi connectivity index (χ2n) is 6.69. The summed E-state index contributed by atoms with van der Waals surface area (Å²) in [6.45, 7) is 2.84. The molecule has 0 spiro atoms. The van der Waals surface area contributed by atoms with Crippen LogP contribution in [0.15, 0.2) is 18.5 Å². The highest BCUT2D eigenvalue weighted by Gasteiger charge is 2.40. The molecular weight excluding hydrogens is 262 g/mol. The lowest BCUT2D eigenvalue weighted by molar-refractivity contribution is 0.278. The third kappa shape index (κ3) is 3.38. The molecule has 0 aliphatic heterocycles. The predicted octanol–water partition coefficient (Wildman–Crippen LogP) is 3.20. The predicted molar refractivity (Wildman–Crippen MR) is 83.6 cm³/mol. The van der Waals surface area contributed by atoms with Gasteiger partial charge in [0, 0.05) is 12.2 Å². The highest BCUT2D eigenvalue weighted by atomic mass is 16.5. The summed E-state index contributed by atoms with van der Waals surface area (Å²) in [5.41, 5.74) is 4.14. The number of hydrogen-bond donors (Lipinski definition) is 2. The van der Waals surface area contributed by atoms with E-state index in [1.807, 2.05) is 6.20 Å². The quantitative estimate of drug-likeness (QED) is 0.598. The van der Waals surface area contributed by atoms with Crippen LogP contribution in [-0.4, -0.2) is 11.6 Å². The van der Waals surface area contributed by atoms with Gasteiger partial charge in [0.1, 0.15) is 5.75 Å². The Labute approximate surface area is 127 Å². The molecule has 2 fully saturated rings. The first-order valence-electron chi connectivity index (χ1n) is 8.34. The van der Waals surface area contributed by atoms with E-state index in [-0.39, 0.29) is 6.04 Å². The van der Waals surface area contributed by atoms with E-state index >= 15 is 0 Å². The molecule has 0 saturated heterocycles. The number of fused-ring (bicyclic) bond motifs is 2. The molecule has 2 aliphatic carbocycles. The molecular formula is C17H27N3O. The molecule has 0 radical (unpaired) electrons. The number of hydrazine groups is 1. The summed E-state index contributed by atoms with van der Waals surface area (Å²) < 4.78 is 5.68. The fourth-order valence-electron chi connectivity index (χ4n) is 4.19. The first kappa shape index (κ1) is 14.8. The van der Waals surface area contributed by atoms with E-state index in [4.69, 9.17) is 10.6 Å². The molecule has 3 N–H and O–H groups in total. The number of rotatable bonds is 7. The van der Waals surface area contributed by atoms with Crippen LogP contribution in [0.3, 0.4) is 0 Å². The SMILES string of the molecule is CCCOc1cncc(C(CC2CC3CCC2C3)NN)c1. The molecule has 0 amide bonds. The number of ether oxygens (including phenoxy) is 1. The first-order valence-corrected chi connectivity index (χ1v) is 8.34. The summed E-state index contributed by atoms with van der Waals surface area (Å²) in [6, 6.07) is 2.27. The minimum absolute atomic E-state index is 0.187. The van der Waals surface area contributed by atoms with Gasteiger partial charge in [-0.2, -0.15) is 0 Å². The van der Waals surface area contributed by atoms with E-state index in [9.17, 15) is 0 Å². The zero-order valence-corrected chi connectivity index (χ0v) is 12.9. The van der Waals surface area contributed by atoms with Crippen LogP contribution in [-0.2, 0) is 0 Å². The molecule has 3 rings (SSSR count). The van der Waals surface area contributed by atoms with Crippen LogP contribution in [0.2, 0.25) is 0 Å². The molecule has 2 aliphatic rings. The van der Waals surface area contributed by atoms with Crippen LogP contribution in [0.1, 0.15) is 57.1 Å². The molecule has 4 nitrogen and oxygen atoms in total. The van der Waals surface area contributed by atoms with E-state index in [1.54, 1.807) is 6.20 Å². The number of hydrogen-bond acceptors (Lipinski definition) is 4. The fourth-order valence-corrected chi connectivity index (χ4v) is 4.19. The largest absolute Gasteiger partial charge is 0.492 e. The van der Waals surface area contributed by atoms with Crippen LogP contribution in [0.4, 0.5) is 0 Å². The zero-order chi connectivity index (χ0) is 14.7. The van der Waals surface area contributed by atoms with Gasteiger partial charge in [-0.15, -0.1) is 0 Å². The highest BCUT2D eigenvalue weighted by molar-refractivity contribution is 5.26. The Morgan fingerprint density at radius 3 is 2.95 bits per heavy atom. The van der Waals surface area contributed by atoms with Crippen molar-refractivity contribution in [3.8, 4) is 5.75 Å². The average molecular weight is 289 g/mol. The maximum atomic E-state index is 5.81. The van der Waals surface area contributed by atoms with Crippen molar-refractivity contribution < 1.29 is 4.74 Å². The van der Waals surface area contributed by atoms with Gasteiger partial charge < -0.3 is 4.74 Å². The number of pyridine rings is 1. The van der Waals surface area contributed by atoms with Gasteiger partial charge in [-0.3, -0.25) is 16.3 Å². The second-order valence-corrected chi connectivity index (χ2v) is 6.69. The van der Waals surface area contributed by atoms with E-state index in [1.165, 1.54) is 25.7 Å². The van der Waals surface area contributed by atoms with Crippen molar-refractivity contribution in [1.29, 1.82) is 0 Å². The number of aromatic nitrogens is 1. The fraction of sp³-hybridized carbons (Fsp3) is 0.706. The molecule has 1 aromatic heterocycles. The van der Waals surface area contributed by atoms with Crippen LogP contribution in [0, 0.1) is 17.8 Å². The maximum absolute atomic E-state index is 5.81. The van der Waals surface area contributed by atoms with Crippen LogP contribution in [0.25, 0.3) is 0 Å². The molecule has 2 saturated carbocycles. The molecule has 21 heavy (non-hydrogen) atoms. The normalized spacial score (nSPS) is 28.8.